The van der Waals surface area contributed by atoms with Gasteiger partial charge in [0.2, 0.25) is 0 Å². The Hall–Kier alpha value is -6.94. The molecule has 0 aliphatic carbocycles. The molecule has 0 aliphatic rings. The largest absolute Gasteiger partial charge is 0.416 e. The molecule has 0 spiro atoms. The Morgan fingerprint density at radius 1 is 0.345 bits per heavy atom. The first-order chi connectivity index (χ1) is 27.2. The van der Waals surface area contributed by atoms with Crippen molar-refractivity contribution < 1.29 is 52.7 Å². The molecule has 0 unspecified atom stereocenters. The lowest BCUT2D eigenvalue weighted by Crippen LogP contribution is -2.06. The molecule has 0 aliphatic heterocycles. The summed E-state index contributed by atoms with van der Waals surface area (Å²) < 4.78 is 170. The van der Waals surface area contributed by atoms with E-state index in [2.05, 4.69) is 0 Å². The molecule has 8 aromatic rings. The van der Waals surface area contributed by atoms with Gasteiger partial charge in [0.25, 0.3) is 0 Å². The molecule has 4 nitrogen and oxygen atoms in total. The number of nitriles is 2. The first kappa shape index (κ1) is 38.0. The topological polar surface area (TPSA) is 57.4 Å². The summed E-state index contributed by atoms with van der Waals surface area (Å²) in [5.74, 6) is 0. The van der Waals surface area contributed by atoms with Crippen LogP contribution in [-0.4, -0.2) is 9.13 Å². The van der Waals surface area contributed by atoms with Crippen molar-refractivity contribution in [3.63, 3.8) is 0 Å². The summed E-state index contributed by atoms with van der Waals surface area (Å²) in [6.45, 7) is 0. The van der Waals surface area contributed by atoms with Crippen molar-refractivity contribution in [3.05, 3.63) is 143 Å². The molecule has 0 N–H and O–H groups in total. The van der Waals surface area contributed by atoms with E-state index in [-0.39, 0.29) is 77.2 Å². The van der Waals surface area contributed by atoms with Crippen LogP contribution in [0.15, 0.2) is 109 Å². The van der Waals surface area contributed by atoms with Gasteiger partial charge in [0.05, 0.1) is 67.6 Å². The van der Waals surface area contributed by atoms with Crippen molar-refractivity contribution in [2.75, 3.05) is 0 Å². The number of alkyl halides is 12. The average Bonchev–Trinajstić information content (AvgIpc) is 3.67. The zero-order chi connectivity index (χ0) is 41.7. The third-order valence-electron chi connectivity index (χ3n) is 9.90. The maximum atomic E-state index is 14.0. The molecule has 0 bridgehead atoms. The van der Waals surface area contributed by atoms with Crippen LogP contribution in [0.1, 0.15) is 33.4 Å². The molecule has 0 amide bonds. The van der Waals surface area contributed by atoms with E-state index in [0.717, 1.165) is 81.9 Å². The molecule has 0 saturated carbocycles. The Morgan fingerprint density at radius 2 is 0.603 bits per heavy atom. The molecule has 0 fully saturated rings. The number of halogens is 12. The van der Waals surface area contributed by atoms with E-state index >= 15 is 0 Å². The van der Waals surface area contributed by atoms with Gasteiger partial charge in [-0.1, -0.05) is 24.3 Å². The highest BCUT2D eigenvalue weighted by atomic mass is 19.4. The van der Waals surface area contributed by atoms with Crippen LogP contribution in [-0.2, 0) is 24.7 Å². The second-order valence-corrected chi connectivity index (χ2v) is 13.3. The number of nitrogens with zero attached hydrogens (tertiary/aromatic N) is 4. The zero-order valence-corrected chi connectivity index (χ0v) is 28.7. The minimum Gasteiger partial charge on any atom is -0.309 e. The quantitative estimate of drug-likeness (QED) is 0.167. The minimum absolute atomic E-state index is 0.0385. The van der Waals surface area contributed by atoms with Gasteiger partial charge in [0, 0.05) is 44.0 Å². The maximum absolute atomic E-state index is 14.0. The predicted octanol–water partition coefficient (Wildman–Crippen LogP) is 13.4. The molecule has 16 heteroatoms. The van der Waals surface area contributed by atoms with Gasteiger partial charge in [-0.2, -0.15) is 63.2 Å². The van der Waals surface area contributed by atoms with E-state index in [0.29, 0.717) is 0 Å². The number of benzene rings is 6. The molecule has 290 valence electrons. The van der Waals surface area contributed by atoms with Crippen LogP contribution in [0.4, 0.5) is 52.7 Å². The van der Waals surface area contributed by atoms with Crippen molar-refractivity contribution in [2.45, 2.75) is 24.7 Å². The molecular formula is C42H18F12N4. The normalized spacial score (nSPS) is 12.8. The van der Waals surface area contributed by atoms with Crippen LogP contribution in [0.3, 0.4) is 0 Å². The molecule has 8 rings (SSSR count). The highest BCUT2D eigenvalue weighted by molar-refractivity contribution is 6.11. The molecule has 2 heterocycles. The van der Waals surface area contributed by atoms with Crippen molar-refractivity contribution in [1.29, 1.82) is 10.5 Å². The summed E-state index contributed by atoms with van der Waals surface area (Å²) in [4.78, 5) is 0. The van der Waals surface area contributed by atoms with Gasteiger partial charge in [-0.3, -0.25) is 0 Å². The molecule has 0 saturated heterocycles. The Labute approximate surface area is 317 Å². The van der Waals surface area contributed by atoms with Gasteiger partial charge in [-0.05, 0) is 84.9 Å². The summed E-state index contributed by atoms with van der Waals surface area (Å²) in [6, 6.07) is 22.0. The van der Waals surface area contributed by atoms with Crippen molar-refractivity contribution >= 4 is 43.6 Å². The zero-order valence-electron chi connectivity index (χ0n) is 28.7. The minimum atomic E-state index is -4.85. The van der Waals surface area contributed by atoms with Gasteiger partial charge in [0.15, 0.2) is 0 Å². The number of hydrogen-bond acceptors (Lipinski definition) is 2. The van der Waals surface area contributed by atoms with Crippen molar-refractivity contribution in [1.82, 2.24) is 9.13 Å². The van der Waals surface area contributed by atoms with Gasteiger partial charge >= 0.3 is 24.7 Å². The van der Waals surface area contributed by atoms with E-state index in [9.17, 15) is 63.2 Å². The van der Waals surface area contributed by atoms with Crippen LogP contribution >= 0.6 is 0 Å². The highest BCUT2D eigenvalue weighted by Gasteiger charge is 2.35. The molecule has 0 radical (unpaired) electrons. The Kier molecular flexibility index (Phi) is 8.37. The van der Waals surface area contributed by atoms with Crippen LogP contribution in [0.5, 0.6) is 0 Å². The average molecular weight is 807 g/mol. The number of fused-ring (bicyclic) bond motifs is 6. The van der Waals surface area contributed by atoms with Crippen LogP contribution < -0.4 is 0 Å². The molecule has 58 heavy (non-hydrogen) atoms. The summed E-state index contributed by atoms with van der Waals surface area (Å²) in [5.41, 5.74) is -5.53. The fraction of sp³-hybridized carbons (Fsp3) is 0.0952. The predicted molar refractivity (Wildman–Crippen MR) is 190 cm³/mol. The summed E-state index contributed by atoms with van der Waals surface area (Å²) in [7, 11) is 0. The first-order valence-electron chi connectivity index (χ1n) is 16.7. The standard InChI is InChI=1S/C42H18F12N4/c43-39(44,45)23-3-9-29-30-10-4-24(40(46,47)48)14-36(30)57(35(29)13-23)27-7-1-21(19-55)33(17-27)34-18-28(8-2-22(34)20-56)58-37-15-25(41(49,50)51)5-11-31(37)32-12-6-26(16-38(32)58)42(52,53)54/h1-18H. The SMILES string of the molecule is N#Cc1ccc(-n2c3cc(C(F)(F)F)ccc3c3ccc(C(F)(F)F)cc32)cc1-c1cc(-n2c3cc(C(F)(F)F)ccc3c3ccc(C(F)(F)F)cc32)ccc1C#N. The molecule has 2 aromatic heterocycles. The third-order valence-corrected chi connectivity index (χ3v) is 9.90. The van der Waals surface area contributed by atoms with E-state index in [1.54, 1.807) is 0 Å². The molecule has 0 atom stereocenters. The Morgan fingerprint density at radius 3 is 0.828 bits per heavy atom. The van der Waals surface area contributed by atoms with Gasteiger partial charge < -0.3 is 9.13 Å². The third kappa shape index (κ3) is 6.21. The van der Waals surface area contributed by atoms with Crippen molar-refractivity contribution in [2.24, 2.45) is 0 Å². The highest BCUT2D eigenvalue weighted by Crippen LogP contribution is 2.43. The van der Waals surface area contributed by atoms with Crippen LogP contribution in [0, 0.1) is 22.7 Å². The molecule has 6 aromatic carbocycles. The monoisotopic (exact) mass is 806 g/mol. The van der Waals surface area contributed by atoms with Crippen molar-refractivity contribution in [3.8, 4) is 34.6 Å². The lowest BCUT2D eigenvalue weighted by molar-refractivity contribution is -0.138. The molecular weight excluding hydrogens is 788 g/mol. The smallest absolute Gasteiger partial charge is 0.309 e. The van der Waals surface area contributed by atoms with Gasteiger partial charge in [-0.25, -0.2) is 0 Å². The van der Waals surface area contributed by atoms with E-state index in [1.807, 2.05) is 12.1 Å². The summed E-state index contributed by atoms with van der Waals surface area (Å²) >= 11 is 0. The van der Waals surface area contributed by atoms with Crippen LogP contribution in [0.2, 0.25) is 0 Å². The Bertz CT molecular complexity index is 2740. The van der Waals surface area contributed by atoms with E-state index in [1.165, 1.54) is 36.4 Å². The van der Waals surface area contributed by atoms with Gasteiger partial charge in [-0.15, -0.1) is 0 Å². The number of hydrogen-bond donors (Lipinski definition) is 0. The lowest BCUT2D eigenvalue weighted by atomic mass is 9.95. The maximum Gasteiger partial charge on any atom is 0.416 e. The summed E-state index contributed by atoms with van der Waals surface area (Å²) in [5, 5.41) is 21.0. The summed E-state index contributed by atoms with van der Waals surface area (Å²) in [6.07, 6.45) is -19.4. The van der Waals surface area contributed by atoms with Gasteiger partial charge in [0.1, 0.15) is 0 Å². The lowest BCUT2D eigenvalue weighted by Gasteiger charge is -2.16. The fourth-order valence-electron chi connectivity index (χ4n) is 7.28. The fourth-order valence-corrected chi connectivity index (χ4v) is 7.28. The Balaban J connectivity index is 1.43. The van der Waals surface area contributed by atoms with E-state index in [4.69, 9.17) is 0 Å². The first-order valence-corrected chi connectivity index (χ1v) is 16.7. The number of aromatic nitrogens is 2. The van der Waals surface area contributed by atoms with Crippen LogP contribution in [0.25, 0.3) is 66.1 Å². The van der Waals surface area contributed by atoms with E-state index < -0.39 is 47.0 Å². The number of rotatable bonds is 3. The second kappa shape index (κ2) is 12.8. The second-order valence-electron chi connectivity index (χ2n) is 13.3.